The Labute approximate surface area is 91.5 Å². The molecule has 0 fully saturated rings. The molecule has 0 aromatic rings. The average Bonchev–Trinajstić information content (AvgIpc) is 2.12. The molecule has 0 aliphatic rings. The van der Waals surface area contributed by atoms with Crippen molar-refractivity contribution in [2.45, 2.75) is 80.1 Å². The van der Waals surface area contributed by atoms with Crippen LogP contribution in [-0.4, -0.2) is 0 Å². The Bertz CT molecular complexity index is 142. The molecule has 0 aromatic heterocycles. The lowest BCUT2D eigenvalue weighted by molar-refractivity contribution is 0.0903. The molecule has 0 rings (SSSR count). The van der Waals surface area contributed by atoms with Crippen LogP contribution in [0.2, 0.25) is 0 Å². The van der Waals surface area contributed by atoms with Gasteiger partial charge in [-0.2, -0.15) is 0 Å². The summed E-state index contributed by atoms with van der Waals surface area (Å²) in [5.74, 6) is 0. The van der Waals surface area contributed by atoms with E-state index in [2.05, 4.69) is 41.5 Å². The van der Waals surface area contributed by atoms with Gasteiger partial charge in [0.25, 0.3) is 0 Å². The van der Waals surface area contributed by atoms with Crippen molar-refractivity contribution in [2.24, 2.45) is 10.8 Å². The summed E-state index contributed by atoms with van der Waals surface area (Å²) in [6.45, 7) is 14.3. The molecule has 0 nitrogen and oxygen atoms in total. The summed E-state index contributed by atoms with van der Waals surface area (Å²) in [6.07, 6.45) is 8.24. The standard InChI is InChI=1S/C14H30/c1-7-9-10-11-12-14(5,6)13(3,4)8-2/h7-12H2,1-6H3. The zero-order valence-corrected chi connectivity index (χ0v) is 11.2. The van der Waals surface area contributed by atoms with Crippen molar-refractivity contribution >= 4 is 0 Å². The van der Waals surface area contributed by atoms with Gasteiger partial charge in [0.1, 0.15) is 0 Å². The fraction of sp³-hybridized carbons (Fsp3) is 1.00. The smallest absolute Gasteiger partial charge is 0.0303 e. The van der Waals surface area contributed by atoms with Crippen molar-refractivity contribution < 1.29 is 0 Å². The van der Waals surface area contributed by atoms with Gasteiger partial charge in [-0.15, -0.1) is 0 Å². The highest BCUT2D eigenvalue weighted by Crippen LogP contribution is 2.44. The second-order valence-electron chi connectivity index (χ2n) is 5.93. The first kappa shape index (κ1) is 14.0. The van der Waals surface area contributed by atoms with Crippen molar-refractivity contribution in [2.75, 3.05) is 0 Å². The lowest BCUT2D eigenvalue weighted by Crippen LogP contribution is -2.31. The topological polar surface area (TPSA) is 0 Å². The van der Waals surface area contributed by atoms with E-state index in [4.69, 9.17) is 0 Å². The van der Waals surface area contributed by atoms with E-state index in [1.54, 1.807) is 0 Å². The molecule has 86 valence electrons. The highest BCUT2D eigenvalue weighted by molar-refractivity contribution is 4.84. The maximum atomic E-state index is 2.43. The van der Waals surface area contributed by atoms with Crippen LogP contribution in [0.3, 0.4) is 0 Å². The van der Waals surface area contributed by atoms with Crippen LogP contribution in [0.5, 0.6) is 0 Å². The third-order valence-corrected chi connectivity index (χ3v) is 4.37. The van der Waals surface area contributed by atoms with E-state index in [1.165, 1.54) is 38.5 Å². The quantitative estimate of drug-likeness (QED) is 0.479. The van der Waals surface area contributed by atoms with E-state index < -0.39 is 0 Å². The van der Waals surface area contributed by atoms with E-state index in [9.17, 15) is 0 Å². The first-order valence-electron chi connectivity index (χ1n) is 6.37. The van der Waals surface area contributed by atoms with Crippen LogP contribution >= 0.6 is 0 Å². The monoisotopic (exact) mass is 198 g/mol. The van der Waals surface area contributed by atoms with Gasteiger partial charge in [0.15, 0.2) is 0 Å². The Morgan fingerprint density at radius 3 is 1.71 bits per heavy atom. The molecule has 0 saturated heterocycles. The molecule has 0 radical (unpaired) electrons. The highest BCUT2D eigenvalue weighted by Gasteiger charge is 2.34. The van der Waals surface area contributed by atoms with Gasteiger partial charge in [-0.1, -0.05) is 73.6 Å². The first-order valence-corrected chi connectivity index (χ1v) is 6.37. The molecule has 0 unspecified atom stereocenters. The summed E-state index contributed by atoms with van der Waals surface area (Å²) in [5.41, 5.74) is 0.981. The summed E-state index contributed by atoms with van der Waals surface area (Å²) in [5, 5.41) is 0. The summed E-state index contributed by atoms with van der Waals surface area (Å²) in [4.78, 5) is 0. The van der Waals surface area contributed by atoms with Crippen LogP contribution in [0.15, 0.2) is 0 Å². The molecule has 0 spiro atoms. The molecule has 0 aliphatic heterocycles. The van der Waals surface area contributed by atoms with Gasteiger partial charge >= 0.3 is 0 Å². The van der Waals surface area contributed by atoms with Gasteiger partial charge < -0.3 is 0 Å². The molecule has 0 aromatic carbocycles. The van der Waals surface area contributed by atoms with E-state index in [-0.39, 0.29) is 0 Å². The van der Waals surface area contributed by atoms with E-state index in [1.807, 2.05) is 0 Å². The van der Waals surface area contributed by atoms with Crippen molar-refractivity contribution in [3.63, 3.8) is 0 Å². The Hall–Kier alpha value is 0. The normalized spacial score (nSPS) is 13.3. The number of rotatable bonds is 7. The van der Waals surface area contributed by atoms with Gasteiger partial charge in [0, 0.05) is 0 Å². The van der Waals surface area contributed by atoms with E-state index in [0.717, 1.165) is 0 Å². The Morgan fingerprint density at radius 2 is 1.29 bits per heavy atom. The van der Waals surface area contributed by atoms with Crippen molar-refractivity contribution in [3.05, 3.63) is 0 Å². The van der Waals surface area contributed by atoms with Crippen LogP contribution in [0.25, 0.3) is 0 Å². The van der Waals surface area contributed by atoms with Gasteiger partial charge in [0.05, 0.1) is 0 Å². The van der Waals surface area contributed by atoms with E-state index in [0.29, 0.717) is 10.8 Å². The first-order chi connectivity index (χ1) is 6.37. The van der Waals surface area contributed by atoms with Crippen molar-refractivity contribution in [1.29, 1.82) is 0 Å². The van der Waals surface area contributed by atoms with Crippen molar-refractivity contribution in [3.8, 4) is 0 Å². The third-order valence-electron chi connectivity index (χ3n) is 4.37. The van der Waals surface area contributed by atoms with Gasteiger partial charge in [-0.25, -0.2) is 0 Å². The van der Waals surface area contributed by atoms with Crippen LogP contribution in [-0.2, 0) is 0 Å². The third kappa shape index (κ3) is 4.02. The molecule has 0 N–H and O–H groups in total. The van der Waals surface area contributed by atoms with Crippen molar-refractivity contribution in [1.82, 2.24) is 0 Å². The Balaban J connectivity index is 3.94. The predicted octanol–water partition coefficient (Wildman–Crippen LogP) is 5.42. The van der Waals surface area contributed by atoms with Gasteiger partial charge in [-0.3, -0.25) is 0 Å². The molecule has 0 amide bonds. The maximum absolute atomic E-state index is 2.43. The van der Waals surface area contributed by atoms with Crippen LogP contribution in [0.1, 0.15) is 80.1 Å². The summed E-state index contributed by atoms with van der Waals surface area (Å²) >= 11 is 0. The minimum absolute atomic E-state index is 0.485. The minimum Gasteiger partial charge on any atom is -0.0654 e. The molecule has 0 atom stereocenters. The summed E-state index contributed by atoms with van der Waals surface area (Å²) in [7, 11) is 0. The molecular weight excluding hydrogens is 168 g/mol. The maximum Gasteiger partial charge on any atom is -0.0303 e. The molecule has 14 heavy (non-hydrogen) atoms. The van der Waals surface area contributed by atoms with E-state index >= 15 is 0 Å². The zero-order valence-electron chi connectivity index (χ0n) is 11.2. The molecular formula is C14H30. The lowest BCUT2D eigenvalue weighted by atomic mass is 9.64. The Morgan fingerprint density at radius 1 is 0.714 bits per heavy atom. The second-order valence-corrected chi connectivity index (χ2v) is 5.93. The summed E-state index contributed by atoms with van der Waals surface area (Å²) in [6, 6.07) is 0. The number of unbranched alkanes of at least 4 members (excludes halogenated alkanes) is 3. The number of hydrogen-bond acceptors (Lipinski definition) is 0. The molecule has 0 heteroatoms. The fourth-order valence-electron chi connectivity index (χ4n) is 1.81. The fourth-order valence-corrected chi connectivity index (χ4v) is 1.81. The minimum atomic E-state index is 0.485. The number of hydrogen-bond donors (Lipinski definition) is 0. The molecule has 0 heterocycles. The molecule has 0 bridgehead atoms. The second kappa shape index (κ2) is 5.78. The molecule has 0 aliphatic carbocycles. The van der Waals surface area contributed by atoms with Crippen LogP contribution in [0, 0.1) is 10.8 Å². The predicted molar refractivity (Wildman–Crippen MR) is 66.6 cm³/mol. The van der Waals surface area contributed by atoms with Gasteiger partial charge in [-0.05, 0) is 17.3 Å². The Kier molecular flexibility index (Phi) is 5.78. The van der Waals surface area contributed by atoms with Gasteiger partial charge in [0.2, 0.25) is 0 Å². The van der Waals surface area contributed by atoms with Crippen LogP contribution < -0.4 is 0 Å². The SMILES string of the molecule is CCCCCCC(C)(C)C(C)(C)CC. The highest BCUT2D eigenvalue weighted by atomic mass is 14.4. The van der Waals surface area contributed by atoms with Crippen LogP contribution in [0.4, 0.5) is 0 Å². The lowest BCUT2D eigenvalue weighted by Gasteiger charge is -2.41. The largest absolute Gasteiger partial charge is 0.0654 e. The average molecular weight is 198 g/mol. The summed E-state index contributed by atoms with van der Waals surface area (Å²) < 4.78 is 0. The molecule has 0 saturated carbocycles. The zero-order chi connectivity index (χ0) is 11.2.